The maximum atomic E-state index is 14.0. The van der Waals surface area contributed by atoms with Gasteiger partial charge in [0.05, 0.1) is 23.6 Å². The fraction of sp³-hybridized carbons (Fsp3) is 0.290. The topological polar surface area (TPSA) is 99.1 Å². The molecule has 3 aliphatic rings. The first-order valence-electron chi connectivity index (χ1n) is 13.5. The number of amides is 2. The Labute approximate surface area is 228 Å². The van der Waals surface area contributed by atoms with Gasteiger partial charge in [0.15, 0.2) is 0 Å². The average Bonchev–Trinajstić information content (AvgIpc) is 3.18. The molecule has 2 heterocycles. The van der Waals surface area contributed by atoms with Crippen molar-refractivity contribution >= 4 is 36.0 Å². The van der Waals surface area contributed by atoms with Crippen LogP contribution in [0.2, 0.25) is 0 Å². The molecule has 0 aromatic heterocycles. The van der Waals surface area contributed by atoms with E-state index in [1.807, 2.05) is 62.4 Å². The second kappa shape index (κ2) is 10.0. The lowest BCUT2D eigenvalue weighted by Gasteiger charge is -2.43. The number of hydrogen-bond acceptors (Lipinski definition) is 6. The molecule has 0 bridgehead atoms. The van der Waals surface area contributed by atoms with Gasteiger partial charge in [-0.1, -0.05) is 49.8 Å². The summed E-state index contributed by atoms with van der Waals surface area (Å²) in [7, 11) is -1.17. The van der Waals surface area contributed by atoms with Crippen molar-refractivity contribution in [3.8, 4) is 5.75 Å². The number of carbonyl (C=O) groups excluding carboxylic acids is 2. The number of allylic oxidation sites excluding steroid dienone is 2. The molecule has 2 aliphatic heterocycles. The molecule has 2 amide bonds. The van der Waals surface area contributed by atoms with Gasteiger partial charge >= 0.3 is 7.12 Å². The lowest BCUT2D eigenvalue weighted by molar-refractivity contribution is -0.123. The van der Waals surface area contributed by atoms with Crippen LogP contribution >= 0.6 is 0 Å². The Morgan fingerprint density at radius 2 is 1.64 bits per heavy atom. The molecule has 0 unspecified atom stereocenters. The van der Waals surface area contributed by atoms with Crippen LogP contribution in [0.4, 0.5) is 17.1 Å². The number of phenolic OH excluding ortho intramolecular Hbond substituents is 1. The zero-order valence-electron chi connectivity index (χ0n) is 22.0. The largest absolute Gasteiger partial charge is 0.508 e. The number of aromatic hydroxyl groups is 1. The highest BCUT2D eigenvalue weighted by atomic mass is 16.5. The van der Waals surface area contributed by atoms with Crippen molar-refractivity contribution < 1.29 is 24.4 Å². The fourth-order valence-electron chi connectivity index (χ4n) is 6.48. The average molecular weight is 522 g/mol. The molecule has 3 N–H and O–H groups in total. The minimum Gasteiger partial charge on any atom is -0.508 e. The van der Waals surface area contributed by atoms with Crippen molar-refractivity contribution in [3.05, 3.63) is 95.5 Å². The third-order valence-corrected chi connectivity index (χ3v) is 8.27. The highest BCUT2D eigenvalue weighted by molar-refractivity contribution is 6.53. The molecule has 6 rings (SSSR count). The van der Waals surface area contributed by atoms with E-state index in [4.69, 9.17) is 4.65 Å². The number of para-hydroxylation sites is 1. The standard InChI is InChI=1S/C31H31BN2O5/c1-18(2)24-16-26-28(25-17-27(39-32(38)29(24)25)19-7-6-10-23(35)15-19)31(37)34(30(26)36)22-13-11-21(12-14-22)33-20-8-4-3-5-9-20/h3-15,18,25-28,33,35,38H,16-17H2,1-2H3/t25-,26-,27-,28+/m0/s1. The molecule has 0 radical (unpaired) electrons. The molecule has 2 saturated heterocycles. The monoisotopic (exact) mass is 522 g/mol. The first kappa shape index (κ1) is 25.4. The van der Waals surface area contributed by atoms with Crippen LogP contribution in [-0.4, -0.2) is 29.1 Å². The van der Waals surface area contributed by atoms with Gasteiger partial charge in [-0.25, -0.2) is 0 Å². The summed E-state index contributed by atoms with van der Waals surface area (Å²) in [6.45, 7) is 4.09. The van der Waals surface area contributed by atoms with Crippen LogP contribution in [0, 0.1) is 23.7 Å². The first-order valence-corrected chi connectivity index (χ1v) is 13.5. The van der Waals surface area contributed by atoms with Gasteiger partial charge in [0, 0.05) is 11.4 Å². The molecule has 8 heteroatoms. The number of imide groups is 1. The molecule has 0 saturated carbocycles. The number of rotatable bonds is 5. The number of nitrogens with zero attached hydrogens (tertiary/aromatic N) is 1. The first-order chi connectivity index (χ1) is 18.8. The lowest BCUT2D eigenvalue weighted by atomic mass is 9.54. The maximum absolute atomic E-state index is 14.0. The van der Waals surface area contributed by atoms with Crippen LogP contribution in [-0.2, 0) is 14.2 Å². The Bertz CT molecular complexity index is 1440. The Hall–Kier alpha value is -3.88. The number of nitrogens with one attached hydrogen (secondary N) is 1. The van der Waals surface area contributed by atoms with Gasteiger partial charge in [-0.05, 0) is 84.2 Å². The molecule has 1 aliphatic carbocycles. The zero-order chi connectivity index (χ0) is 27.3. The summed E-state index contributed by atoms with van der Waals surface area (Å²) in [5, 5.41) is 24.5. The summed E-state index contributed by atoms with van der Waals surface area (Å²) in [6.07, 6.45) is 0.369. The number of hydrogen-bond donors (Lipinski definition) is 3. The van der Waals surface area contributed by atoms with Gasteiger partial charge in [0.25, 0.3) is 0 Å². The van der Waals surface area contributed by atoms with E-state index >= 15 is 0 Å². The van der Waals surface area contributed by atoms with Crippen molar-refractivity contribution in [1.29, 1.82) is 0 Å². The number of anilines is 3. The summed E-state index contributed by atoms with van der Waals surface area (Å²) in [4.78, 5) is 29.1. The van der Waals surface area contributed by atoms with Crippen molar-refractivity contribution in [3.63, 3.8) is 0 Å². The summed E-state index contributed by atoms with van der Waals surface area (Å²) in [5.74, 6) is -1.61. The van der Waals surface area contributed by atoms with E-state index in [9.17, 15) is 19.7 Å². The number of phenols is 1. The van der Waals surface area contributed by atoms with E-state index < -0.39 is 25.1 Å². The maximum Gasteiger partial charge on any atom is 0.487 e. The van der Waals surface area contributed by atoms with Crippen molar-refractivity contribution in [2.75, 3.05) is 10.2 Å². The summed E-state index contributed by atoms with van der Waals surface area (Å²) >= 11 is 0. The molecular formula is C31H31BN2O5. The predicted molar refractivity (Wildman–Crippen MR) is 150 cm³/mol. The molecule has 0 spiro atoms. The third kappa shape index (κ3) is 4.53. The van der Waals surface area contributed by atoms with Crippen LogP contribution in [0.15, 0.2) is 89.9 Å². The predicted octanol–water partition coefficient (Wildman–Crippen LogP) is 5.40. The number of fused-ring (bicyclic) bond motifs is 3. The summed E-state index contributed by atoms with van der Waals surface area (Å²) in [6, 6.07) is 23.9. The summed E-state index contributed by atoms with van der Waals surface area (Å²) < 4.78 is 6.03. The van der Waals surface area contributed by atoms with E-state index in [2.05, 4.69) is 5.32 Å². The zero-order valence-corrected chi connectivity index (χ0v) is 22.0. The van der Waals surface area contributed by atoms with E-state index in [1.165, 1.54) is 4.90 Å². The minimum absolute atomic E-state index is 0.0966. The van der Waals surface area contributed by atoms with E-state index in [1.54, 1.807) is 30.3 Å². The van der Waals surface area contributed by atoms with Gasteiger partial charge in [0.2, 0.25) is 11.8 Å². The molecule has 39 heavy (non-hydrogen) atoms. The molecule has 3 aromatic rings. The fourth-order valence-corrected chi connectivity index (χ4v) is 6.48. The van der Waals surface area contributed by atoms with Gasteiger partial charge in [-0.3, -0.25) is 14.5 Å². The Kier molecular flexibility index (Phi) is 6.53. The SMILES string of the molecule is CC(C)C1=C2B(O)O[C@H](c3cccc(O)c3)C[C@H]2[C@H]2C(=O)N(c3ccc(Nc4ccccc4)cc3)C(=O)[C@H]2C1. The molecular weight excluding hydrogens is 491 g/mol. The van der Waals surface area contributed by atoms with Crippen LogP contribution < -0.4 is 10.2 Å². The van der Waals surface area contributed by atoms with E-state index in [0.717, 1.165) is 28.0 Å². The van der Waals surface area contributed by atoms with Crippen LogP contribution in [0.3, 0.4) is 0 Å². The van der Waals surface area contributed by atoms with Gasteiger partial charge < -0.3 is 20.1 Å². The van der Waals surface area contributed by atoms with E-state index in [-0.39, 0.29) is 29.4 Å². The molecule has 3 aromatic carbocycles. The Morgan fingerprint density at radius 3 is 2.33 bits per heavy atom. The highest BCUT2D eigenvalue weighted by Crippen LogP contribution is 2.53. The quantitative estimate of drug-likeness (QED) is 0.307. The van der Waals surface area contributed by atoms with Crippen molar-refractivity contribution in [1.82, 2.24) is 0 Å². The normalized spacial score (nSPS) is 24.7. The molecule has 2 fully saturated rings. The van der Waals surface area contributed by atoms with Gasteiger partial charge in [-0.15, -0.1) is 0 Å². The molecule has 4 atom stereocenters. The molecule has 198 valence electrons. The molecule has 7 nitrogen and oxygen atoms in total. The Balaban J connectivity index is 1.31. The highest BCUT2D eigenvalue weighted by Gasteiger charge is 2.58. The van der Waals surface area contributed by atoms with Gasteiger partial charge in [-0.2, -0.15) is 0 Å². The smallest absolute Gasteiger partial charge is 0.487 e. The van der Waals surface area contributed by atoms with Crippen LogP contribution in [0.1, 0.15) is 38.4 Å². The Morgan fingerprint density at radius 1 is 0.923 bits per heavy atom. The van der Waals surface area contributed by atoms with E-state index in [0.29, 0.717) is 18.5 Å². The van der Waals surface area contributed by atoms with Crippen LogP contribution in [0.5, 0.6) is 5.75 Å². The third-order valence-electron chi connectivity index (χ3n) is 8.27. The second-order valence-electron chi connectivity index (χ2n) is 10.9. The summed E-state index contributed by atoms with van der Waals surface area (Å²) in [5.41, 5.74) is 4.82. The minimum atomic E-state index is -1.17. The van der Waals surface area contributed by atoms with Crippen molar-refractivity contribution in [2.24, 2.45) is 23.7 Å². The number of carbonyl (C=O) groups is 2. The van der Waals surface area contributed by atoms with Crippen molar-refractivity contribution in [2.45, 2.75) is 32.8 Å². The second-order valence-corrected chi connectivity index (χ2v) is 10.9. The number of benzene rings is 3. The van der Waals surface area contributed by atoms with Crippen LogP contribution in [0.25, 0.3) is 0 Å². The lowest BCUT2D eigenvalue weighted by Crippen LogP contribution is -2.45. The van der Waals surface area contributed by atoms with Gasteiger partial charge in [0.1, 0.15) is 5.75 Å².